The van der Waals surface area contributed by atoms with Crippen molar-refractivity contribution in [2.24, 2.45) is 0 Å². The zero-order valence-corrected chi connectivity index (χ0v) is 15.6. The molecule has 0 unspecified atom stereocenters. The van der Waals surface area contributed by atoms with Gasteiger partial charge in [0, 0.05) is 30.0 Å². The number of carbonyl (C=O) groups excluding carboxylic acids is 1. The van der Waals surface area contributed by atoms with E-state index in [1.165, 1.54) is 0 Å². The van der Waals surface area contributed by atoms with Crippen LogP contribution in [0.4, 0.5) is 0 Å². The molecule has 1 saturated heterocycles. The van der Waals surface area contributed by atoms with E-state index in [9.17, 15) is 4.79 Å². The van der Waals surface area contributed by atoms with Gasteiger partial charge in [-0.05, 0) is 64.1 Å². The van der Waals surface area contributed by atoms with Gasteiger partial charge in [0.25, 0.3) is 5.91 Å². The summed E-state index contributed by atoms with van der Waals surface area (Å²) in [4.78, 5) is 14.6. The van der Waals surface area contributed by atoms with Crippen molar-refractivity contribution in [3.05, 3.63) is 64.7 Å². The van der Waals surface area contributed by atoms with Gasteiger partial charge in [0.2, 0.25) is 0 Å². The number of hydrogen-bond acceptors (Lipinski definition) is 3. The summed E-state index contributed by atoms with van der Waals surface area (Å²) in [7, 11) is 0. The average Bonchev–Trinajstić information content (AvgIpc) is 3.07. The van der Waals surface area contributed by atoms with Crippen molar-refractivity contribution in [2.45, 2.75) is 33.7 Å². The smallest absolute Gasteiger partial charge is 0.254 e. The third kappa shape index (κ3) is 2.81. The van der Waals surface area contributed by atoms with E-state index in [0.717, 1.165) is 28.5 Å². The van der Waals surface area contributed by atoms with Gasteiger partial charge in [0.05, 0.1) is 23.1 Å². The van der Waals surface area contributed by atoms with Crippen molar-refractivity contribution in [1.82, 2.24) is 24.5 Å². The molecule has 0 aliphatic carbocycles. The van der Waals surface area contributed by atoms with Crippen molar-refractivity contribution < 1.29 is 4.79 Å². The first-order valence-corrected chi connectivity index (χ1v) is 8.88. The standard InChI is InChI=1S/C20H23N5O/c1-13-9-15(3)24(21-13)18-7-5-17(6-8-18)20(26)23-11-19(12-23)25-16(4)10-14(2)22-25/h5-10,19H,11-12H2,1-4H3. The third-order valence-corrected chi connectivity index (χ3v) is 4.91. The highest BCUT2D eigenvalue weighted by Gasteiger charge is 2.33. The summed E-state index contributed by atoms with van der Waals surface area (Å²) in [6, 6.07) is 12.0. The Balaban J connectivity index is 1.45. The fourth-order valence-electron chi connectivity index (χ4n) is 3.61. The summed E-state index contributed by atoms with van der Waals surface area (Å²) in [6.07, 6.45) is 0. The summed E-state index contributed by atoms with van der Waals surface area (Å²) in [5.41, 5.74) is 5.91. The average molecular weight is 349 g/mol. The molecule has 0 radical (unpaired) electrons. The lowest BCUT2D eigenvalue weighted by molar-refractivity contribution is 0.0497. The number of likely N-dealkylation sites (tertiary alicyclic amines) is 1. The molecule has 26 heavy (non-hydrogen) atoms. The van der Waals surface area contributed by atoms with Gasteiger partial charge in [-0.15, -0.1) is 0 Å². The summed E-state index contributed by atoms with van der Waals surface area (Å²) >= 11 is 0. The molecule has 6 heteroatoms. The molecular weight excluding hydrogens is 326 g/mol. The predicted octanol–water partition coefficient (Wildman–Crippen LogP) is 3.00. The van der Waals surface area contributed by atoms with E-state index in [1.807, 2.05) is 65.4 Å². The van der Waals surface area contributed by atoms with E-state index in [0.29, 0.717) is 18.7 Å². The molecule has 0 N–H and O–H groups in total. The molecule has 0 spiro atoms. The van der Waals surface area contributed by atoms with Crippen LogP contribution in [-0.2, 0) is 0 Å². The Morgan fingerprint density at radius 3 is 2.08 bits per heavy atom. The van der Waals surface area contributed by atoms with Crippen LogP contribution in [0, 0.1) is 27.7 Å². The maximum absolute atomic E-state index is 12.7. The van der Waals surface area contributed by atoms with Crippen LogP contribution in [-0.4, -0.2) is 43.5 Å². The summed E-state index contributed by atoms with van der Waals surface area (Å²) in [6.45, 7) is 9.47. The Kier molecular flexibility index (Phi) is 3.90. The maximum atomic E-state index is 12.7. The molecule has 1 amide bonds. The van der Waals surface area contributed by atoms with Gasteiger partial charge in [-0.25, -0.2) is 4.68 Å². The molecule has 0 bridgehead atoms. The molecule has 1 aliphatic heterocycles. The molecule has 6 nitrogen and oxygen atoms in total. The lowest BCUT2D eigenvalue weighted by Crippen LogP contribution is -2.51. The molecule has 134 valence electrons. The zero-order valence-electron chi connectivity index (χ0n) is 15.6. The molecule has 1 aromatic carbocycles. The first kappa shape index (κ1) is 16.6. The number of hydrogen-bond donors (Lipinski definition) is 0. The number of aromatic nitrogens is 4. The van der Waals surface area contributed by atoms with Gasteiger partial charge >= 0.3 is 0 Å². The van der Waals surface area contributed by atoms with Crippen LogP contribution in [0.15, 0.2) is 36.4 Å². The minimum Gasteiger partial charge on any atom is -0.334 e. The Hall–Kier alpha value is -2.89. The highest BCUT2D eigenvalue weighted by atomic mass is 16.2. The number of benzene rings is 1. The topological polar surface area (TPSA) is 56.0 Å². The lowest BCUT2D eigenvalue weighted by atomic mass is 10.1. The fourth-order valence-corrected chi connectivity index (χ4v) is 3.61. The fraction of sp³-hybridized carbons (Fsp3) is 0.350. The molecule has 0 saturated carbocycles. The largest absolute Gasteiger partial charge is 0.334 e. The normalized spacial score (nSPS) is 14.5. The van der Waals surface area contributed by atoms with Crippen LogP contribution in [0.1, 0.15) is 39.2 Å². The van der Waals surface area contributed by atoms with Gasteiger partial charge in [-0.1, -0.05) is 0 Å². The van der Waals surface area contributed by atoms with Crippen molar-refractivity contribution in [3.8, 4) is 5.69 Å². The van der Waals surface area contributed by atoms with Gasteiger partial charge in [-0.3, -0.25) is 9.48 Å². The highest BCUT2D eigenvalue weighted by Crippen LogP contribution is 2.25. The van der Waals surface area contributed by atoms with E-state index in [4.69, 9.17) is 0 Å². The maximum Gasteiger partial charge on any atom is 0.254 e. The monoisotopic (exact) mass is 349 g/mol. The summed E-state index contributed by atoms with van der Waals surface area (Å²) in [5.74, 6) is 0.0719. The number of carbonyl (C=O) groups is 1. The van der Waals surface area contributed by atoms with Gasteiger partial charge in [0.15, 0.2) is 0 Å². The minimum atomic E-state index is 0.0719. The third-order valence-electron chi connectivity index (χ3n) is 4.91. The van der Waals surface area contributed by atoms with E-state index in [-0.39, 0.29) is 11.9 Å². The number of nitrogens with zero attached hydrogens (tertiary/aromatic N) is 5. The quantitative estimate of drug-likeness (QED) is 0.730. The van der Waals surface area contributed by atoms with Crippen LogP contribution in [0.2, 0.25) is 0 Å². The predicted molar refractivity (Wildman–Crippen MR) is 99.7 cm³/mol. The first-order chi connectivity index (χ1) is 12.4. The zero-order chi connectivity index (χ0) is 18.4. The minimum absolute atomic E-state index is 0.0719. The highest BCUT2D eigenvalue weighted by molar-refractivity contribution is 5.95. The van der Waals surface area contributed by atoms with E-state index in [1.54, 1.807) is 0 Å². The molecule has 2 aromatic heterocycles. The Morgan fingerprint density at radius 1 is 0.923 bits per heavy atom. The second-order valence-electron chi connectivity index (χ2n) is 7.12. The van der Waals surface area contributed by atoms with Gasteiger partial charge < -0.3 is 4.90 Å². The molecule has 1 aliphatic rings. The van der Waals surface area contributed by atoms with Crippen molar-refractivity contribution in [2.75, 3.05) is 13.1 Å². The van der Waals surface area contributed by atoms with Crippen LogP contribution in [0.3, 0.4) is 0 Å². The Labute approximate surface area is 153 Å². The molecular formula is C20H23N5O. The van der Waals surface area contributed by atoms with Crippen LogP contribution >= 0.6 is 0 Å². The first-order valence-electron chi connectivity index (χ1n) is 8.88. The summed E-state index contributed by atoms with van der Waals surface area (Å²) < 4.78 is 3.93. The molecule has 4 rings (SSSR count). The lowest BCUT2D eigenvalue weighted by Gasteiger charge is -2.39. The van der Waals surface area contributed by atoms with E-state index in [2.05, 4.69) is 23.2 Å². The Morgan fingerprint density at radius 2 is 1.54 bits per heavy atom. The second kappa shape index (κ2) is 6.12. The second-order valence-corrected chi connectivity index (χ2v) is 7.12. The number of amides is 1. The van der Waals surface area contributed by atoms with Crippen LogP contribution in [0.25, 0.3) is 5.69 Å². The van der Waals surface area contributed by atoms with Crippen molar-refractivity contribution >= 4 is 5.91 Å². The van der Waals surface area contributed by atoms with Crippen molar-refractivity contribution in [3.63, 3.8) is 0 Å². The van der Waals surface area contributed by atoms with Crippen LogP contribution in [0.5, 0.6) is 0 Å². The van der Waals surface area contributed by atoms with Gasteiger partial charge in [-0.2, -0.15) is 10.2 Å². The van der Waals surface area contributed by atoms with E-state index >= 15 is 0 Å². The molecule has 3 aromatic rings. The van der Waals surface area contributed by atoms with Gasteiger partial charge in [0.1, 0.15) is 0 Å². The molecule has 3 heterocycles. The van der Waals surface area contributed by atoms with Crippen molar-refractivity contribution in [1.29, 1.82) is 0 Å². The number of rotatable bonds is 3. The Bertz CT molecular complexity index is 961. The van der Waals surface area contributed by atoms with E-state index < -0.39 is 0 Å². The summed E-state index contributed by atoms with van der Waals surface area (Å²) in [5, 5.41) is 9.01. The SMILES string of the molecule is Cc1cc(C)n(-c2ccc(C(=O)N3CC(n4nc(C)cc4C)C3)cc2)n1. The molecule has 0 atom stereocenters. The molecule has 1 fully saturated rings. The van der Waals surface area contributed by atoms with Crippen LogP contribution < -0.4 is 0 Å². The number of aryl methyl sites for hydroxylation is 4.